The topological polar surface area (TPSA) is 55.4 Å². The Hall–Kier alpha value is -1.73. The second kappa shape index (κ2) is 8.21. The molecular weight excluding hydrogens is 385 g/mol. The number of ether oxygens (including phenoxy) is 1. The Labute approximate surface area is 145 Å². The molecule has 0 aliphatic rings. The van der Waals surface area contributed by atoms with Crippen LogP contribution in [0.3, 0.4) is 0 Å². The minimum absolute atomic E-state index is 0.0411. The highest BCUT2D eigenvalue weighted by molar-refractivity contribution is 9.10. The molecule has 0 aliphatic heterocycles. The Balaban J connectivity index is 1.83. The third kappa shape index (κ3) is 5.44. The van der Waals surface area contributed by atoms with Crippen LogP contribution in [0.2, 0.25) is 0 Å². The monoisotopic (exact) mass is 399 g/mol. The van der Waals surface area contributed by atoms with Crippen LogP contribution in [0.4, 0.5) is 10.1 Å². The molecule has 0 saturated carbocycles. The van der Waals surface area contributed by atoms with E-state index in [1.165, 1.54) is 19.1 Å². The molecule has 2 rings (SSSR count). The van der Waals surface area contributed by atoms with Crippen LogP contribution in [-0.4, -0.2) is 18.0 Å². The van der Waals surface area contributed by atoms with Crippen molar-refractivity contribution in [2.75, 3.05) is 5.32 Å². The van der Waals surface area contributed by atoms with Gasteiger partial charge in [-0.2, -0.15) is 11.3 Å². The number of esters is 1. The molecule has 7 heteroatoms. The molecule has 0 unspecified atom stereocenters. The predicted octanol–water partition coefficient (Wildman–Crippen LogP) is 4.15. The first-order chi connectivity index (χ1) is 11.0. The van der Waals surface area contributed by atoms with Gasteiger partial charge in [0.1, 0.15) is 5.82 Å². The predicted molar refractivity (Wildman–Crippen MR) is 90.9 cm³/mol. The molecule has 1 aromatic carbocycles. The second-order valence-corrected chi connectivity index (χ2v) is 6.57. The van der Waals surface area contributed by atoms with Crippen LogP contribution in [0.25, 0.3) is 0 Å². The van der Waals surface area contributed by atoms with Gasteiger partial charge in [-0.3, -0.25) is 9.59 Å². The maximum Gasteiger partial charge on any atom is 0.306 e. The summed E-state index contributed by atoms with van der Waals surface area (Å²) < 4.78 is 19.3. The SMILES string of the molecule is C[C@H](OC(=O)CCc1ccsc1)C(=O)Nc1ccc(Br)cc1F. The molecule has 0 radical (unpaired) electrons. The fourth-order valence-electron chi connectivity index (χ4n) is 1.82. The molecule has 0 fully saturated rings. The van der Waals surface area contributed by atoms with Crippen molar-refractivity contribution in [3.05, 3.63) is 50.9 Å². The number of amides is 1. The van der Waals surface area contributed by atoms with E-state index < -0.39 is 23.8 Å². The fraction of sp³-hybridized carbons (Fsp3) is 0.250. The molecule has 0 saturated heterocycles. The summed E-state index contributed by atoms with van der Waals surface area (Å²) in [6.07, 6.45) is -0.230. The van der Waals surface area contributed by atoms with Crippen LogP contribution in [-0.2, 0) is 20.7 Å². The van der Waals surface area contributed by atoms with Gasteiger partial charge in [-0.25, -0.2) is 4.39 Å². The molecule has 4 nitrogen and oxygen atoms in total. The van der Waals surface area contributed by atoms with Crippen LogP contribution in [0.15, 0.2) is 39.5 Å². The molecule has 0 bridgehead atoms. The number of aryl methyl sites for hydroxylation is 1. The summed E-state index contributed by atoms with van der Waals surface area (Å²) in [5.41, 5.74) is 1.10. The zero-order valence-electron chi connectivity index (χ0n) is 12.3. The Morgan fingerprint density at radius 3 is 2.83 bits per heavy atom. The minimum Gasteiger partial charge on any atom is -0.453 e. The van der Waals surface area contributed by atoms with Crippen molar-refractivity contribution in [1.29, 1.82) is 0 Å². The normalized spacial score (nSPS) is 11.8. The molecule has 1 amide bonds. The number of rotatable bonds is 6. The van der Waals surface area contributed by atoms with Crippen molar-refractivity contribution < 1.29 is 18.7 Å². The van der Waals surface area contributed by atoms with Gasteiger partial charge in [0, 0.05) is 10.9 Å². The summed E-state index contributed by atoms with van der Waals surface area (Å²) in [5.74, 6) is -1.60. The highest BCUT2D eigenvalue weighted by Gasteiger charge is 2.19. The van der Waals surface area contributed by atoms with E-state index in [9.17, 15) is 14.0 Å². The smallest absolute Gasteiger partial charge is 0.306 e. The van der Waals surface area contributed by atoms with Crippen molar-refractivity contribution >= 4 is 44.8 Å². The highest BCUT2D eigenvalue weighted by atomic mass is 79.9. The van der Waals surface area contributed by atoms with Gasteiger partial charge in [0.05, 0.1) is 5.69 Å². The van der Waals surface area contributed by atoms with E-state index in [1.54, 1.807) is 17.4 Å². The Bertz CT molecular complexity index is 691. The Kier molecular flexibility index (Phi) is 6.29. The lowest BCUT2D eigenvalue weighted by atomic mass is 10.2. The number of thiophene rings is 1. The molecule has 122 valence electrons. The summed E-state index contributed by atoms with van der Waals surface area (Å²) in [6, 6.07) is 6.22. The van der Waals surface area contributed by atoms with Gasteiger partial charge >= 0.3 is 5.97 Å². The summed E-state index contributed by atoms with van der Waals surface area (Å²) >= 11 is 4.69. The van der Waals surface area contributed by atoms with Gasteiger partial charge in [-0.1, -0.05) is 15.9 Å². The lowest BCUT2D eigenvalue weighted by Crippen LogP contribution is -2.30. The quantitative estimate of drug-likeness (QED) is 0.742. The maximum atomic E-state index is 13.7. The van der Waals surface area contributed by atoms with Crippen LogP contribution in [0.5, 0.6) is 0 Å². The van der Waals surface area contributed by atoms with Crippen LogP contribution in [0, 0.1) is 5.82 Å². The van der Waals surface area contributed by atoms with Gasteiger partial charge < -0.3 is 10.1 Å². The van der Waals surface area contributed by atoms with E-state index in [2.05, 4.69) is 21.2 Å². The number of benzene rings is 1. The largest absolute Gasteiger partial charge is 0.453 e. The van der Waals surface area contributed by atoms with E-state index in [4.69, 9.17) is 4.74 Å². The van der Waals surface area contributed by atoms with Gasteiger partial charge in [-0.15, -0.1) is 0 Å². The molecule has 1 atom stereocenters. The van der Waals surface area contributed by atoms with Crippen molar-refractivity contribution in [3.8, 4) is 0 Å². The van der Waals surface area contributed by atoms with Gasteiger partial charge in [0.2, 0.25) is 0 Å². The van der Waals surface area contributed by atoms with Crippen molar-refractivity contribution in [3.63, 3.8) is 0 Å². The average Bonchev–Trinajstić information content (AvgIpc) is 3.01. The number of hydrogen-bond donors (Lipinski definition) is 1. The van der Waals surface area contributed by atoms with Crippen molar-refractivity contribution in [2.24, 2.45) is 0 Å². The first-order valence-corrected chi connectivity index (χ1v) is 8.66. The molecule has 1 N–H and O–H groups in total. The van der Waals surface area contributed by atoms with Gasteiger partial charge in [-0.05, 0) is 53.9 Å². The maximum absolute atomic E-state index is 13.7. The average molecular weight is 400 g/mol. The Morgan fingerprint density at radius 1 is 1.39 bits per heavy atom. The van der Waals surface area contributed by atoms with E-state index in [-0.39, 0.29) is 12.1 Å². The molecule has 2 aromatic rings. The Morgan fingerprint density at radius 2 is 2.17 bits per heavy atom. The fourth-order valence-corrected chi connectivity index (χ4v) is 2.85. The first-order valence-electron chi connectivity index (χ1n) is 6.92. The van der Waals surface area contributed by atoms with E-state index >= 15 is 0 Å². The minimum atomic E-state index is -0.993. The van der Waals surface area contributed by atoms with Crippen molar-refractivity contribution in [1.82, 2.24) is 0 Å². The zero-order chi connectivity index (χ0) is 16.8. The van der Waals surface area contributed by atoms with Gasteiger partial charge in [0.15, 0.2) is 6.10 Å². The van der Waals surface area contributed by atoms with Crippen LogP contribution < -0.4 is 5.32 Å². The third-order valence-electron chi connectivity index (χ3n) is 3.06. The van der Waals surface area contributed by atoms with Gasteiger partial charge in [0.25, 0.3) is 5.91 Å². The van der Waals surface area contributed by atoms with E-state index in [1.807, 2.05) is 16.8 Å². The zero-order valence-corrected chi connectivity index (χ0v) is 14.7. The number of carbonyl (C=O) groups is 2. The molecular formula is C16H15BrFNO3S. The number of carbonyl (C=O) groups excluding carboxylic acids is 2. The number of nitrogens with one attached hydrogen (secondary N) is 1. The lowest BCUT2D eigenvalue weighted by Gasteiger charge is -2.14. The number of halogens is 2. The third-order valence-corrected chi connectivity index (χ3v) is 4.29. The first kappa shape index (κ1) is 17.6. The molecule has 1 heterocycles. The molecule has 0 spiro atoms. The summed E-state index contributed by atoms with van der Waals surface area (Å²) in [4.78, 5) is 23.7. The highest BCUT2D eigenvalue weighted by Crippen LogP contribution is 2.19. The second-order valence-electron chi connectivity index (χ2n) is 4.88. The summed E-state index contributed by atoms with van der Waals surface area (Å²) in [5, 5.41) is 6.29. The van der Waals surface area contributed by atoms with Crippen LogP contribution in [0.1, 0.15) is 18.9 Å². The molecule has 0 aliphatic carbocycles. The van der Waals surface area contributed by atoms with E-state index in [0.717, 1.165) is 5.56 Å². The molecule has 1 aromatic heterocycles. The number of hydrogen-bond acceptors (Lipinski definition) is 4. The molecule has 23 heavy (non-hydrogen) atoms. The summed E-state index contributed by atoms with van der Waals surface area (Å²) in [7, 11) is 0. The lowest BCUT2D eigenvalue weighted by molar-refractivity contribution is -0.153. The number of anilines is 1. The van der Waals surface area contributed by atoms with E-state index in [0.29, 0.717) is 10.9 Å². The standard InChI is InChI=1S/C16H15BrFNO3S/c1-10(22-15(20)5-2-11-6-7-23-9-11)16(21)19-14-4-3-12(17)8-13(14)18/h3-4,6-10H,2,5H2,1H3,(H,19,21)/t10-/m0/s1. The van der Waals surface area contributed by atoms with Crippen molar-refractivity contribution in [2.45, 2.75) is 25.9 Å². The summed E-state index contributed by atoms with van der Waals surface area (Å²) in [6.45, 7) is 1.45. The van der Waals surface area contributed by atoms with Crippen LogP contribution >= 0.6 is 27.3 Å².